The van der Waals surface area contributed by atoms with Crippen molar-refractivity contribution in [3.63, 3.8) is 0 Å². The van der Waals surface area contributed by atoms with Crippen LogP contribution in [0, 0.1) is 0 Å². The van der Waals surface area contributed by atoms with Crippen LogP contribution in [0.25, 0.3) is 0 Å². The van der Waals surface area contributed by atoms with Gasteiger partial charge in [0.15, 0.2) is 12.6 Å². The van der Waals surface area contributed by atoms with E-state index in [2.05, 4.69) is 0 Å². The van der Waals surface area contributed by atoms with Gasteiger partial charge in [-0.3, -0.25) is 0 Å². The molecule has 0 radical (unpaired) electrons. The van der Waals surface area contributed by atoms with Gasteiger partial charge >= 0.3 is 0 Å². The molecule has 2 aliphatic heterocycles. The first kappa shape index (κ1) is 20.4. The van der Waals surface area contributed by atoms with Crippen molar-refractivity contribution in [2.45, 2.75) is 43.6 Å². The summed E-state index contributed by atoms with van der Waals surface area (Å²) < 4.78 is 34.5. The Balaban J connectivity index is 1.40. The minimum atomic E-state index is -1.02. The van der Waals surface area contributed by atoms with E-state index in [0.717, 1.165) is 11.1 Å². The molecule has 156 valence electrons. The van der Waals surface area contributed by atoms with E-state index in [1.807, 2.05) is 60.7 Å². The molecule has 0 amide bonds. The van der Waals surface area contributed by atoms with E-state index in [1.54, 1.807) is 0 Å². The Hall–Kier alpha value is -1.84. The van der Waals surface area contributed by atoms with Crippen LogP contribution in [-0.4, -0.2) is 56.3 Å². The zero-order valence-electron chi connectivity index (χ0n) is 16.3. The van der Waals surface area contributed by atoms with Gasteiger partial charge in [-0.2, -0.15) is 0 Å². The summed E-state index contributed by atoms with van der Waals surface area (Å²) >= 11 is 0. The third-order valence-corrected chi connectivity index (χ3v) is 5.07. The molecular formula is C22H26O7. The number of hydrogen-bond acceptors (Lipinski definition) is 7. The van der Waals surface area contributed by atoms with Crippen molar-refractivity contribution in [3.05, 3.63) is 71.8 Å². The van der Waals surface area contributed by atoms with E-state index in [-0.39, 0.29) is 6.79 Å². The first-order valence-corrected chi connectivity index (χ1v) is 9.68. The average Bonchev–Trinajstić information content (AvgIpc) is 2.78. The predicted octanol–water partition coefficient (Wildman–Crippen LogP) is 2.39. The Morgan fingerprint density at radius 3 is 2.45 bits per heavy atom. The van der Waals surface area contributed by atoms with Crippen LogP contribution < -0.4 is 0 Å². The van der Waals surface area contributed by atoms with E-state index in [4.69, 9.17) is 28.4 Å². The SMILES string of the molecule is CO[C@H]1O[C@@H]2CO[C@H](c3ccccc3)O[C@@H]2[C@H](OCOCc2ccccc2)[C@H]1O. The molecule has 7 nitrogen and oxygen atoms in total. The molecule has 0 unspecified atom stereocenters. The quantitative estimate of drug-likeness (QED) is 0.563. The largest absolute Gasteiger partial charge is 0.385 e. The van der Waals surface area contributed by atoms with Crippen molar-refractivity contribution >= 4 is 0 Å². The highest BCUT2D eigenvalue weighted by Gasteiger charge is 2.50. The molecule has 7 heteroatoms. The minimum absolute atomic E-state index is 0.0104. The number of benzene rings is 2. The summed E-state index contributed by atoms with van der Waals surface area (Å²) in [6.07, 6.45) is -4.00. The van der Waals surface area contributed by atoms with Gasteiger partial charge in [-0.05, 0) is 5.56 Å². The summed E-state index contributed by atoms with van der Waals surface area (Å²) in [4.78, 5) is 0. The second-order valence-corrected chi connectivity index (χ2v) is 7.03. The molecule has 2 aromatic carbocycles. The molecule has 0 saturated carbocycles. The topological polar surface area (TPSA) is 75.6 Å². The van der Waals surface area contributed by atoms with Crippen molar-refractivity contribution < 1.29 is 33.5 Å². The van der Waals surface area contributed by atoms with E-state index < -0.39 is 37.0 Å². The van der Waals surface area contributed by atoms with Gasteiger partial charge in [-0.15, -0.1) is 0 Å². The normalized spacial score (nSPS) is 31.9. The molecular weight excluding hydrogens is 376 g/mol. The standard InChI is InChI=1S/C22H26O7/c1-24-22-18(23)20(27-14-25-12-15-8-4-2-5-9-15)19-17(28-22)13-26-21(29-19)16-10-6-3-7-11-16/h2-11,17-23H,12-14H2,1H3/t17-,18-,19+,20-,21+,22+/m1/s1. The van der Waals surface area contributed by atoms with Crippen LogP contribution >= 0.6 is 0 Å². The van der Waals surface area contributed by atoms with E-state index in [1.165, 1.54) is 7.11 Å². The van der Waals surface area contributed by atoms with Crippen molar-refractivity contribution in [3.8, 4) is 0 Å². The first-order valence-electron chi connectivity index (χ1n) is 9.68. The molecule has 4 rings (SSSR count). The Bertz CT molecular complexity index is 741. The second kappa shape index (κ2) is 9.77. The summed E-state index contributed by atoms with van der Waals surface area (Å²) in [5, 5.41) is 10.7. The zero-order valence-corrected chi connectivity index (χ0v) is 16.3. The summed E-state index contributed by atoms with van der Waals surface area (Å²) in [7, 11) is 1.48. The average molecular weight is 402 g/mol. The lowest BCUT2D eigenvalue weighted by Gasteiger charge is -2.47. The summed E-state index contributed by atoms with van der Waals surface area (Å²) in [6, 6.07) is 19.5. The fraction of sp³-hybridized carbons (Fsp3) is 0.455. The van der Waals surface area contributed by atoms with Gasteiger partial charge in [-0.1, -0.05) is 60.7 Å². The molecule has 0 spiro atoms. The Morgan fingerprint density at radius 1 is 1.00 bits per heavy atom. The molecule has 2 aliphatic rings. The highest BCUT2D eigenvalue weighted by molar-refractivity contribution is 5.17. The van der Waals surface area contributed by atoms with Gasteiger partial charge < -0.3 is 33.5 Å². The number of aliphatic hydroxyl groups excluding tert-OH is 1. The molecule has 0 aromatic heterocycles. The maximum Gasteiger partial charge on any atom is 0.186 e. The van der Waals surface area contributed by atoms with Gasteiger partial charge in [0.1, 0.15) is 31.2 Å². The zero-order chi connectivity index (χ0) is 20.1. The van der Waals surface area contributed by atoms with Gasteiger partial charge in [0.25, 0.3) is 0 Å². The first-order chi connectivity index (χ1) is 14.3. The molecule has 1 N–H and O–H groups in total. The fourth-order valence-electron chi connectivity index (χ4n) is 3.59. The van der Waals surface area contributed by atoms with Crippen molar-refractivity contribution in [2.24, 2.45) is 0 Å². The highest BCUT2D eigenvalue weighted by atomic mass is 16.8. The third kappa shape index (κ3) is 4.84. The van der Waals surface area contributed by atoms with Gasteiger partial charge in [0.05, 0.1) is 13.2 Å². The van der Waals surface area contributed by atoms with Crippen LogP contribution in [0.1, 0.15) is 17.4 Å². The highest BCUT2D eigenvalue weighted by Crippen LogP contribution is 2.35. The summed E-state index contributed by atoms with van der Waals surface area (Å²) in [6.45, 7) is 0.733. The maximum absolute atomic E-state index is 10.7. The van der Waals surface area contributed by atoms with E-state index >= 15 is 0 Å². The van der Waals surface area contributed by atoms with Crippen molar-refractivity contribution in [1.82, 2.24) is 0 Å². The fourth-order valence-corrected chi connectivity index (χ4v) is 3.59. The lowest BCUT2D eigenvalue weighted by atomic mass is 9.97. The molecule has 0 bridgehead atoms. The van der Waals surface area contributed by atoms with Crippen LogP contribution in [0.4, 0.5) is 0 Å². The van der Waals surface area contributed by atoms with Crippen LogP contribution in [0.5, 0.6) is 0 Å². The number of methoxy groups -OCH3 is 1. The van der Waals surface area contributed by atoms with Crippen molar-refractivity contribution in [2.75, 3.05) is 20.5 Å². The molecule has 2 saturated heterocycles. The molecule has 2 fully saturated rings. The molecule has 29 heavy (non-hydrogen) atoms. The number of hydrogen-bond donors (Lipinski definition) is 1. The summed E-state index contributed by atoms with van der Waals surface area (Å²) in [5.41, 5.74) is 1.94. The Morgan fingerprint density at radius 2 is 1.72 bits per heavy atom. The third-order valence-electron chi connectivity index (χ3n) is 5.07. The molecule has 2 aromatic rings. The Labute approximate surface area is 170 Å². The molecule has 0 aliphatic carbocycles. The predicted molar refractivity (Wildman–Crippen MR) is 103 cm³/mol. The van der Waals surface area contributed by atoms with Gasteiger partial charge in [0.2, 0.25) is 0 Å². The minimum Gasteiger partial charge on any atom is -0.385 e. The number of rotatable bonds is 7. The van der Waals surface area contributed by atoms with Gasteiger partial charge in [-0.25, -0.2) is 0 Å². The van der Waals surface area contributed by atoms with Gasteiger partial charge in [0, 0.05) is 12.7 Å². The summed E-state index contributed by atoms with van der Waals surface area (Å²) in [5.74, 6) is 0. The van der Waals surface area contributed by atoms with E-state index in [9.17, 15) is 5.11 Å². The van der Waals surface area contributed by atoms with Crippen LogP contribution in [0.15, 0.2) is 60.7 Å². The lowest BCUT2D eigenvalue weighted by molar-refractivity contribution is -0.367. The molecule has 6 atom stereocenters. The van der Waals surface area contributed by atoms with Crippen LogP contribution in [0.2, 0.25) is 0 Å². The van der Waals surface area contributed by atoms with Crippen molar-refractivity contribution in [1.29, 1.82) is 0 Å². The number of aliphatic hydroxyl groups is 1. The second-order valence-electron chi connectivity index (χ2n) is 7.03. The lowest BCUT2D eigenvalue weighted by Crippen LogP contribution is -2.63. The Kier molecular flexibility index (Phi) is 6.89. The monoisotopic (exact) mass is 402 g/mol. The smallest absolute Gasteiger partial charge is 0.186 e. The molecule has 2 heterocycles. The number of fused-ring (bicyclic) bond motifs is 1. The number of ether oxygens (including phenoxy) is 6. The van der Waals surface area contributed by atoms with Crippen LogP contribution in [-0.2, 0) is 35.0 Å². The maximum atomic E-state index is 10.7. The van der Waals surface area contributed by atoms with Crippen LogP contribution in [0.3, 0.4) is 0 Å². The van der Waals surface area contributed by atoms with E-state index in [0.29, 0.717) is 13.2 Å².